The highest BCUT2D eigenvalue weighted by molar-refractivity contribution is 7.19. The third-order valence-electron chi connectivity index (χ3n) is 5.76. The summed E-state index contributed by atoms with van der Waals surface area (Å²) in [6.07, 6.45) is 1.77. The Balaban J connectivity index is 1.24. The van der Waals surface area contributed by atoms with Crippen molar-refractivity contribution >= 4 is 33.1 Å². The number of anilines is 1. The van der Waals surface area contributed by atoms with Gasteiger partial charge in [-0.3, -0.25) is 14.5 Å². The summed E-state index contributed by atoms with van der Waals surface area (Å²) in [5.41, 5.74) is 4.20. The van der Waals surface area contributed by atoms with Gasteiger partial charge in [-0.05, 0) is 18.2 Å². The average molecular weight is 426 g/mol. The maximum Gasteiger partial charge on any atom is 0.269 e. The first-order valence-electron chi connectivity index (χ1n) is 10.0. The number of nitrogens with zero attached hydrogens (tertiary/aromatic N) is 3. The largest absolute Gasteiger partial charge is 0.372 e. The number of fused-ring (bicyclic) bond motifs is 3. The van der Waals surface area contributed by atoms with Gasteiger partial charge in [0.05, 0.1) is 35.3 Å². The normalized spacial score (nSPS) is 16.8. The number of aromatic nitrogens is 2. The van der Waals surface area contributed by atoms with Crippen LogP contribution < -0.4 is 15.8 Å². The molecule has 5 heterocycles. The minimum Gasteiger partial charge on any atom is -0.372 e. The van der Waals surface area contributed by atoms with E-state index in [0.717, 1.165) is 59.8 Å². The summed E-state index contributed by atoms with van der Waals surface area (Å²) in [5.74, 6) is -0.173. The average Bonchev–Trinajstić information content (AvgIpc) is 3.41. The molecule has 2 aliphatic heterocycles. The Morgan fingerprint density at radius 1 is 1.23 bits per heavy atom. The molecule has 1 amide bonds. The minimum absolute atomic E-state index is 0.0241. The lowest BCUT2D eigenvalue weighted by molar-refractivity contribution is 0.0958. The van der Waals surface area contributed by atoms with Crippen LogP contribution in [0.2, 0.25) is 0 Å². The Hall–Kier alpha value is -2.75. The zero-order valence-corrected chi connectivity index (χ0v) is 17.6. The van der Waals surface area contributed by atoms with Gasteiger partial charge in [0, 0.05) is 55.8 Å². The molecular weight excluding hydrogens is 402 g/mol. The van der Waals surface area contributed by atoms with Crippen molar-refractivity contribution in [2.75, 3.05) is 38.1 Å². The van der Waals surface area contributed by atoms with Gasteiger partial charge < -0.3 is 19.9 Å². The van der Waals surface area contributed by atoms with Crippen LogP contribution >= 0.6 is 11.3 Å². The Kier molecular flexibility index (Phi) is 5.01. The second-order valence-corrected chi connectivity index (χ2v) is 8.74. The lowest BCUT2D eigenvalue weighted by Gasteiger charge is -2.35. The van der Waals surface area contributed by atoms with Gasteiger partial charge in [0.1, 0.15) is 5.69 Å². The number of amides is 1. The molecule has 1 saturated heterocycles. The lowest BCUT2D eigenvalue weighted by atomic mass is 10.1. The second kappa shape index (κ2) is 7.82. The van der Waals surface area contributed by atoms with Crippen LogP contribution in [0, 0.1) is 0 Å². The van der Waals surface area contributed by atoms with Gasteiger partial charge in [0.15, 0.2) is 0 Å². The van der Waals surface area contributed by atoms with Crippen molar-refractivity contribution < 1.29 is 9.53 Å². The number of carbonyl (C=O) groups is 1. The van der Waals surface area contributed by atoms with Crippen LogP contribution in [0.3, 0.4) is 0 Å². The fourth-order valence-electron chi connectivity index (χ4n) is 4.09. The molecule has 0 atom stereocenters. The number of thiophene rings is 1. The van der Waals surface area contributed by atoms with Crippen LogP contribution in [0.25, 0.3) is 10.2 Å². The van der Waals surface area contributed by atoms with E-state index in [1.54, 1.807) is 30.6 Å². The molecule has 0 aromatic carbocycles. The predicted molar refractivity (Wildman–Crippen MR) is 116 cm³/mol. The summed E-state index contributed by atoms with van der Waals surface area (Å²) in [7, 11) is 1.60. The number of rotatable bonds is 4. The second-order valence-electron chi connectivity index (χ2n) is 7.60. The van der Waals surface area contributed by atoms with Gasteiger partial charge in [-0.2, -0.15) is 0 Å². The molecule has 5 rings (SSSR count). The minimum atomic E-state index is -0.173. The molecule has 3 aromatic rings. The van der Waals surface area contributed by atoms with Crippen LogP contribution in [0.15, 0.2) is 29.2 Å². The van der Waals surface area contributed by atoms with Crippen molar-refractivity contribution in [1.29, 1.82) is 0 Å². The fourth-order valence-corrected chi connectivity index (χ4v) is 5.30. The van der Waals surface area contributed by atoms with Crippen LogP contribution in [-0.2, 0) is 24.5 Å². The van der Waals surface area contributed by atoms with Crippen molar-refractivity contribution in [1.82, 2.24) is 20.2 Å². The van der Waals surface area contributed by atoms with E-state index in [2.05, 4.69) is 31.2 Å². The molecule has 0 radical (unpaired) electrons. The van der Waals surface area contributed by atoms with Gasteiger partial charge in [0.2, 0.25) is 0 Å². The standard InChI is InChI=1S/C21H23N5O3S/c1-22-21(28)17-3-2-13(9-23-17)26-6-4-25(5-7-26)10-14-8-18-19(30-14)15-11-29-12-16(15)20(27)24-18/h2-3,8-9H,4-7,10-12H2,1H3,(H,22,28)(H,24,27). The summed E-state index contributed by atoms with van der Waals surface area (Å²) in [6.45, 7) is 5.53. The Morgan fingerprint density at radius 3 is 2.77 bits per heavy atom. The molecule has 0 saturated carbocycles. The molecule has 0 unspecified atom stereocenters. The fraction of sp³-hybridized carbons (Fsp3) is 0.381. The van der Waals surface area contributed by atoms with Crippen molar-refractivity contribution in [2.45, 2.75) is 19.8 Å². The number of piperazine rings is 1. The van der Waals surface area contributed by atoms with Crippen molar-refractivity contribution in [3.8, 4) is 0 Å². The van der Waals surface area contributed by atoms with Gasteiger partial charge in [-0.1, -0.05) is 0 Å². The highest BCUT2D eigenvalue weighted by Crippen LogP contribution is 2.32. The summed E-state index contributed by atoms with van der Waals surface area (Å²) in [4.78, 5) is 37.1. The molecule has 9 heteroatoms. The van der Waals surface area contributed by atoms with Crippen LogP contribution in [0.5, 0.6) is 0 Å². The van der Waals surface area contributed by atoms with Crippen LogP contribution in [-0.4, -0.2) is 54.0 Å². The van der Waals surface area contributed by atoms with Crippen molar-refractivity contribution in [2.24, 2.45) is 0 Å². The van der Waals surface area contributed by atoms with Gasteiger partial charge in [-0.15, -0.1) is 11.3 Å². The quantitative estimate of drug-likeness (QED) is 0.661. The number of nitrogens with one attached hydrogen (secondary N) is 2. The number of hydrogen-bond acceptors (Lipinski definition) is 7. The zero-order chi connectivity index (χ0) is 20.7. The highest BCUT2D eigenvalue weighted by atomic mass is 32.1. The highest BCUT2D eigenvalue weighted by Gasteiger charge is 2.22. The van der Waals surface area contributed by atoms with E-state index in [1.165, 1.54) is 4.88 Å². The number of carbonyl (C=O) groups excluding carboxylic acids is 1. The molecule has 0 bridgehead atoms. The first-order chi connectivity index (χ1) is 14.6. The van der Waals surface area contributed by atoms with E-state index in [1.807, 2.05) is 6.07 Å². The first kappa shape index (κ1) is 19.2. The lowest BCUT2D eigenvalue weighted by Crippen LogP contribution is -2.45. The van der Waals surface area contributed by atoms with Crippen LogP contribution in [0.1, 0.15) is 26.5 Å². The Morgan fingerprint density at radius 2 is 2.03 bits per heavy atom. The Bertz CT molecular complexity index is 1150. The molecule has 3 aromatic heterocycles. The molecule has 8 nitrogen and oxygen atoms in total. The summed E-state index contributed by atoms with van der Waals surface area (Å²) in [6, 6.07) is 5.83. The molecule has 30 heavy (non-hydrogen) atoms. The van der Waals surface area contributed by atoms with Gasteiger partial charge >= 0.3 is 0 Å². The SMILES string of the molecule is CNC(=O)c1ccc(N2CCN(Cc3cc4[nH]c(=O)c5c(c4s3)COC5)CC2)cn1. The van der Waals surface area contributed by atoms with E-state index in [-0.39, 0.29) is 11.5 Å². The molecule has 156 valence electrons. The number of ether oxygens (including phenoxy) is 1. The number of aromatic amines is 1. The first-order valence-corrected chi connectivity index (χ1v) is 10.8. The number of H-pyrrole nitrogens is 1. The Labute approximate surface area is 177 Å². The van der Waals surface area contributed by atoms with Crippen molar-refractivity contribution in [3.63, 3.8) is 0 Å². The van der Waals surface area contributed by atoms with E-state index < -0.39 is 0 Å². The maximum atomic E-state index is 12.2. The van der Waals surface area contributed by atoms with Gasteiger partial charge in [-0.25, -0.2) is 4.98 Å². The summed E-state index contributed by atoms with van der Waals surface area (Å²) < 4.78 is 6.64. The maximum absolute atomic E-state index is 12.2. The summed E-state index contributed by atoms with van der Waals surface area (Å²) in [5, 5.41) is 2.59. The third kappa shape index (κ3) is 3.49. The number of hydrogen-bond donors (Lipinski definition) is 2. The molecule has 2 aliphatic rings. The molecule has 1 fully saturated rings. The third-order valence-corrected chi connectivity index (χ3v) is 6.94. The smallest absolute Gasteiger partial charge is 0.269 e. The van der Waals surface area contributed by atoms with Gasteiger partial charge in [0.25, 0.3) is 11.5 Å². The summed E-state index contributed by atoms with van der Waals surface area (Å²) >= 11 is 1.76. The zero-order valence-electron chi connectivity index (χ0n) is 16.7. The van der Waals surface area contributed by atoms with Crippen molar-refractivity contribution in [3.05, 3.63) is 56.4 Å². The van der Waals surface area contributed by atoms with Crippen LogP contribution in [0.4, 0.5) is 5.69 Å². The monoisotopic (exact) mass is 425 g/mol. The van der Waals surface area contributed by atoms with E-state index in [0.29, 0.717) is 18.9 Å². The van der Waals surface area contributed by atoms with E-state index in [9.17, 15) is 9.59 Å². The predicted octanol–water partition coefficient (Wildman–Crippen LogP) is 1.70. The molecule has 2 N–H and O–H groups in total. The van der Waals surface area contributed by atoms with E-state index >= 15 is 0 Å². The molecular formula is C21H23N5O3S. The topological polar surface area (TPSA) is 90.6 Å². The molecule has 0 spiro atoms. The number of pyridine rings is 2. The van der Waals surface area contributed by atoms with E-state index in [4.69, 9.17) is 4.74 Å². The molecule has 0 aliphatic carbocycles.